The van der Waals surface area contributed by atoms with Gasteiger partial charge in [0.15, 0.2) is 5.76 Å². The molecule has 0 aromatic carbocycles. The van der Waals surface area contributed by atoms with Crippen LogP contribution in [0.5, 0.6) is 0 Å². The number of furan rings is 1. The Morgan fingerprint density at radius 3 is 2.45 bits per heavy atom. The van der Waals surface area contributed by atoms with Gasteiger partial charge in [0.2, 0.25) is 15.9 Å². The number of nitrogens with zero attached hydrogens (tertiary/aromatic N) is 5. The summed E-state index contributed by atoms with van der Waals surface area (Å²) in [7, 11) is -2.00. The van der Waals surface area contributed by atoms with Crippen molar-refractivity contribution >= 4 is 21.8 Å². The van der Waals surface area contributed by atoms with Crippen molar-refractivity contribution in [2.75, 3.05) is 39.3 Å². The minimum atomic E-state index is -3.70. The molecule has 4 heterocycles. The lowest BCUT2D eigenvalue weighted by molar-refractivity contribution is -0.138. The van der Waals surface area contributed by atoms with E-state index in [1.165, 1.54) is 21.4 Å². The Morgan fingerprint density at radius 1 is 1.13 bits per heavy atom. The topological polar surface area (TPSA) is 109 Å². The first-order valence-corrected chi connectivity index (χ1v) is 11.8. The van der Waals surface area contributed by atoms with Gasteiger partial charge in [-0.05, 0) is 31.9 Å². The Kier molecular flexibility index (Phi) is 5.89. The van der Waals surface area contributed by atoms with Gasteiger partial charge in [-0.25, -0.2) is 8.42 Å². The van der Waals surface area contributed by atoms with Crippen molar-refractivity contribution in [2.45, 2.75) is 24.7 Å². The van der Waals surface area contributed by atoms with Crippen molar-refractivity contribution in [2.24, 2.45) is 13.0 Å². The van der Waals surface area contributed by atoms with Crippen molar-refractivity contribution in [3.8, 4) is 0 Å². The van der Waals surface area contributed by atoms with E-state index in [0.717, 1.165) is 0 Å². The second kappa shape index (κ2) is 8.46. The Balaban J connectivity index is 1.38. The van der Waals surface area contributed by atoms with Crippen LogP contribution >= 0.6 is 0 Å². The number of aromatic nitrogens is 2. The lowest BCUT2D eigenvalue weighted by Gasteiger charge is -2.38. The van der Waals surface area contributed by atoms with Crippen LogP contribution in [-0.2, 0) is 21.9 Å². The summed E-state index contributed by atoms with van der Waals surface area (Å²) >= 11 is 0. The first-order chi connectivity index (χ1) is 14.8. The van der Waals surface area contributed by atoms with E-state index >= 15 is 0 Å². The molecule has 2 fully saturated rings. The molecule has 10 nitrogen and oxygen atoms in total. The highest BCUT2D eigenvalue weighted by molar-refractivity contribution is 7.89. The minimum absolute atomic E-state index is 0.0482. The molecule has 0 radical (unpaired) electrons. The molecule has 1 atom stereocenters. The fraction of sp³-hybridized carbons (Fsp3) is 0.550. The van der Waals surface area contributed by atoms with E-state index in [1.807, 2.05) is 0 Å². The molecule has 2 aliphatic rings. The summed E-state index contributed by atoms with van der Waals surface area (Å²) in [6.07, 6.45) is 4.11. The third kappa shape index (κ3) is 4.11. The molecular weight excluding hydrogens is 422 g/mol. The number of piperazine rings is 1. The van der Waals surface area contributed by atoms with Crippen molar-refractivity contribution < 1.29 is 22.4 Å². The molecule has 0 bridgehead atoms. The average molecular weight is 450 g/mol. The van der Waals surface area contributed by atoms with Gasteiger partial charge in [-0.15, -0.1) is 0 Å². The van der Waals surface area contributed by atoms with Gasteiger partial charge in [0.1, 0.15) is 4.90 Å². The number of rotatable bonds is 4. The molecule has 0 saturated carbocycles. The lowest BCUT2D eigenvalue weighted by atomic mass is 9.97. The van der Waals surface area contributed by atoms with E-state index in [-0.39, 0.29) is 29.2 Å². The highest BCUT2D eigenvalue weighted by Crippen LogP contribution is 2.26. The van der Waals surface area contributed by atoms with Crippen LogP contribution in [0, 0.1) is 12.8 Å². The second-order valence-electron chi connectivity index (χ2n) is 8.01. The summed E-state index contributed by atoms with van der Waals surface area (Å²) in [5, 5.41) is 4.04. The third-order valence-electron chi connectivity index (χ3n) is 6.15. The molecule has 0 N–H and O–H groups in total. The number of aryl methyl sites for hydroxylation is 1. The maximum atomic E-state index is 13.1. The molecule has 2 aromatic rings. The van der Waals surface area contributed by atoms with Gasteiger partial charge < -0.3 is 14.2 Å². The summed E-state index contributed by atoms with van der Waals surface area (Å²) in [6.45, 7) is 3.99. The highest BCUT2D eigenvalue weighted by Gasteiger charge is 2.37. The smallest absolute Gasteiger partial charge is 0.289 e. The van der Waals surface area contributed by atoms with Gasteiger partial charge in [0, 0.05) is 46.3 Å². The Bertz CT molecular complexity index is 1050. The van der Waals surface area contributed by atoms with Crippen molar-refractivity contribution in [3.05, 3.63) is 36.0 Å². The normalized spacial score (nSPS) is 20.8. The fourth-order valence-electron chi connectivity index (χ4n) is 4.18. The van der Waals surface area contributed by atoms with Crippen LogP contribution in [0.4, 0.5) is 0 Å². The van der Waals surface area contributed by atoms with Crippen LogP contribution in [-0.4, -0.2) is 83.4 Å². The van der Waals surface area contributed by atoms with Crippen LogP contribution in [0.2, 0.25) is 0 Å². The Labute approximate surface area is 181 Å². The lowest BCUT2D eigenvalue weighted by Crippen LogP contribution is -2.54. The van der Waals surface area contributed by atoms with E-state index in [1.54, 1.807) is 35.9 Å². The maximum Gasteiger partial charge on any atom is 0.289 e. The number of hydrogen-bond acceptors (Lipinski definition) is 6. The summed E-state index contributed by atoms with van der Waals surface area (Å²) < 4.78 is 34.3. The molecule has 2 aliphatic heterocycles. The molecule has 0 aliphatic carbocycles. The molecule has 31 heavy (non-hydrogen) atoms. The molecular formula is C20H27N5O5S. The fourth-order valence-corrected chi connectivity index (χ4v) is 5.89. The molecule has 2 amide bonds. The second-order valence-corrected chi connectivity index (χ2v) is 9.92. The molecule has 168 valence electrons. The predicted octanol–water partition coefficient (Wildman–Crippen LogP) is 0.707. The van der Waals surface area contributed by atoms with Gasteiger partial charge in [0.05, 0.1) is 24.1 Å². The average Bonchev–Trinajstić information content (AvgIpc) is 3.44. The van der Waals surface area contributed by atoms with Crippen molar-refractivity contribution in [3.63, 3.8) is 0 Å². The first kappa shape index (κ1) is 21.6. The standard InChI is InChI=1S/C20H27N5O5S/c1-15-18(13-21-22(15)2)31(28,29)25-7-3-5-16(14-25)19(26)23-8-10-24(11-9-23)20(27)17-6-4-12-30-17/h4,6,12-13,16H,3,5,7-11,14H2,1-2H3/t16-/m1/s1. The monoisotopic (exact) mass is 449 g/mol. The number of hydrogen-bond donors (Lipinski definition) is 0. The SMILES string of the molecule is Cc1c(S(=O)(=O)N2CCC[C@@H](C(=O)N3CCN(C(=O)c4ccco4)CC3)C2)cnn1C. The maximum absolute atomic E-state index is 13.1. The summed E-state index contributed by atoms with van der Waals surface area (Å²) in [4.78, 5) is 29.1. The van der Waals surface area contributed by atoms with Gasteiger partial charge in [0.25, 0.3) is 5.91 Å². The number of sulfonamides is 1. The molecule has 2 aromatic heterocycles. The molecule has 4 rings (SSSR count). The Hall–Kier alpha value is -2.66. The molecule has 2 saturated heterocycles. The molecule has 0 unspecified atom stereocenters. The van der Waals surface area contributed by atoms with Gasteiger partial charge >= 0.3 is 0 Å². The van der Waals surface area contributed by atoms with E-state index < -0.39 is 10.0 Å². The van der Waals surface area contributed by atoms with E-state index in [2.05, 4.69) is 5.10 Å². The van der Waals surface area contributed by atoms with Crippen LogP contribution in [0.3, 0.4) is 0 Å². The van der Waals surface area contributed by atoms with Gasteiger partial charge in [-0.2, -0.15) is 9.40 Å². The zero-order valence-corrected chi connectivity index (χ0v) is 18.5. The number of amides is 2. The predicted molar refractivity (Wildman–Crippen MR) is 111 cm³/mol. The quantitative estimate of drug-likeness (QED) is 0.680. The zero-order valence-electron chi connectivity index (χ0n) is 17.7. The minimum Gasteiger partial charge on any atom is -0.459 e. The van der Waals surface area contributed by atoms with E-state index in [9.17, 15) is 18.0 Å². The summed E-state index contributed by atoms with van der Waals surface area (Å²) in [6, 6.07) is 3.30. The first-order valence-electron chi connectivity index (χ1n) is 10.4. The van der Waals surface area contributed by atoms with Crippen molar-refractivity contribution in [1.29, 1.82) is 0 Å². The van der Waals surface area contributed by atoms with Gasteiger partial charge in [-0.1, -0.05) is 0 Å². The van der Waals surface area contributed by atoms with Crippen LogP contribution < -0.4 is 0 Å². The van der Waals surface area contributed by atoms with E-state index in [0.29, 0.717) is 57.0 Å². The van der Waals surface area contributed by atoms with Crippen LogP contribution in [0.25, 0.3) is 0 Å². The summed E-state index contributed by atoms with van der Waals surface area (Å²) in [5.41, 5.74) is 0.575. The van der Waals surface area contributed by atoms with Crippen molar-refractivity contribution in [1.82, 2.24) is 23.9 Å². The molecule has 11 heteroatoms. The van der Waals surface area contributed by atoms with Crippen LogP contribution in [0.1, 0.15) is 29.1 Å². The highest BCUT2D eigenvalue weighted by atomic mass is 32.2. The third-order valence-corrected chi connectivity index (χ3v) is 8.12. The number of carbonyl (C=O) groups excluding carboxylic acids is 2. The summed E-state index contributed by atoms with van der Waals surface area (Å²) in [5.74, 6) is -0.321. The number of carbonyl (C=O) groups is 2. The number of piperidine rings is 1. The van der Waals surface area contributed by atoms with Crippen LogP contribution in [0.15, 0.2) is 33.9 Å². The van der Waals surface area contributed by atoms with Gasteiger partial charge in [-0.3, -0.25) is 14.3 Å². The zero-order chi connectivity index (χ0) is 22.2. The largest absolute Gasteiger partial charge is 0.459 e. The van der Waals surface area contributed by atoms with E-state index in [4.69, 9.17) is 4.42 Å². The Morgan fingerprint density at radius 2 is 1.84 bits per heavy atom. The molecule has 0 spiro atoms.